The minimum absolute atomic E-state index is 0. The van der Waals surface area contributed by atoms with E-state index in [2.05, 4.69) is 31.9 Å². The molecule has 14 heavy (non-hydrogen) atoms. The zero-order chi connectivity index (χ0) is 8.81. The van der Waals surface area contributed by atoms with E-state index in [-0.39, 0.29) is 68.7 Å². The average Bonchev–Trinajstić information content (AvgIpc) is 2.06. The summed E-state index contributed by atoms with van der Waals surface area (Å²) < 4.78 is 0. The number of likely N-dealkylation sites (N-methyl/N-ethyl adjacent to an activating group) is 2. The van der Waals surface area contributed by atoms with Gasteiger partial charge in [-0.3, -0.25) is 0 Å². The smallest absolute Gasteiger partial charge is 0.101 e. The third-order valence-electron chi connectivity index (χ3n) is 2.72. The summed E-state index contributed by atoms with van der Waals surface area (Å²) in [6.07, 6.45) is 0. The zero-order valence-electron chi connectivity index (χ0n) is 9.03. The molecule has 0 aromatic heterocycles. The summed E-state index contributed by atoms with van der Waals surface area (Å²) in [6.45, 7) is 12.3. The molecule has 80 valence electrons. The molecule has 2 nitrogen and oxygen atoms in total. The summed E-state index contributed by atoms with van der Waals surface area (Å²) >= 11 is 0. The van der Waals surface area contributed by atoms with Crippen LogP contribution in [0, 0.1) is 0 Å². The minimum atomic E-state index is 0. The summed E-state index contributed by atoms with van der Waals surface area (Å²) in [4.78, 5) is 4.16. The molecular formula is C9H16N2W3. The van der Waals surface area contributed by atoms with Gasteiger partial charge in [-0.05, 0) is 13.8 Å². The molecule has 0 atom stereocenters. The van der Waals surface area contributed by atoms with Crippen LogP contribution in [0.25, 0.3) is 0 Å². The van der Waals surface area contributed by atoms with Crippen LogP contribution in [0.2, 0.25) is 0 Å². The van der Waals surface area contributed by atoms with Crippen molar-refractivity contribution in [2.24, 2.45) is 0 Å². The molecule has 1 heterocycles. The van der Waals surface area contributed by atoms with Crippen molar-refractivity contribution in [2.75, 3.05) is 14.1 Å². The Morgan fingerprint density at radius 3 is 1.43 bits per heavy atom. The Morgan fingerprint density at radius 2 is 1.36 bits per heavy atom. The van der Waals surface area contributed by atoms with E-state index < -0.39 is 0 Å². The van der Waals surface area contributed by atoms with E-state index in [1.807, 2.05) is 19.0 Å². The predicted octanol–water partition coefficient (Wildman–Crippen LogP) is 1.62. The van der Waals surface area contributed by atoms with Crippen LogP contribution in [0.1, 0.15) is 13.8 Å². The summed E-state index contributed by atoms with van der Waals surface area (Å²) in [5.74, 6) is 1.01. The first-order valence-corrected chi connectivity index (χ1v) is 3.75. The van der Waals surface area contributed by atoms with Gasteiger partial charge in [0.1, 0.15) is 5.82 Å². The Morgan fingerprint density at radius 1 is 1.00 bits per heavy atom. The van der Waals surface area contributed by atoms with Crippen molar-refractivity contribution in [1.82, 2.24) is 9.80 Å². The van der Waals surface area contributed by atoms with Gasteiger partial charge in [-0.2, -0.15) is 0 Å². The maximum Gasteiger partial charge on any atom is 0.101 e. The Bertz CT molecular complexity index is 226. The molecular weight excluding hydrogens is 688 g/mol. The van der Waals surface area contributed by atoms with Crippen molar-refractivity contribution >= 4 is 0 Å². The largest absolute Gasteiger partial charge is 0.351 e. The molecule has 1 aliphatic heterocycles. The van der Waals surface area contributed by atoms with Gasteiger partial charge in [0.05, 0.1) is 5.54 Å². The Labute approximate surface area is 130 Å². The summed E-state index contributed by atoms with van der Waals surface area (Å²) in [5.41, 5.74) is 1.12. The molecule has 1 fully saturated rings. The van der Waals surface area contributed by atoms with Crippen LogP contribution in [0.3, 0.4) is 0 Å². The molecule has 1 aliphatic rings. The van der Waals surface area contributed by atoms with Crippen molar-refractivity contribution < 1.29 is 63.2 Å². The maximum atomic E-state index is 4.01. The van der Waals surface area contributed by atoms with Crippen LogP contribution in [0.5, 0.6) is 0 Å². The van der Waals surface area contributed by atoms with Crippen molar-refractivity contribution in [1.29, 1.82) is 0 Å². The molecule has 0 bridgehead atoms. The van der Waals surface area contributed by atoms with E-state index in [1.165, 1.54) is 0 Å². The SMILES string of the molecule is C=C1N(C)C(=C)C(C)(C)N1C.[W].[W].[W]. The van der Waals surface area contributed by atoms with E-state index in [0.29, 0.717) is 0 Å². The van der Waals surface area contributed by atoms with Crippen molar-refractivity contribution in [3.05, 3.63) is 24.7 Å². The van der Waals surface area contributed by atoms with Crippen molar-refractivity contribution in [3.8, 4) is 0 Å². The van der Waals surface area contributed by atoms with Gasteiger partial charge in [0.15, 0.2) is 0 Å². The molecule has 0 radical (unpaired) electrons. The molecule has 0 saturated carbocycles. The summed E-state index contributed by atoms with van der Waals surface area (Å²) in [5, 5.41) is 0. The fraction of sp³-hybridized carbons (Fsp3) is 0.556. The third-order valence-corrected chi connectivity index (χ3v) is 2.72. The van der Waals surface area contributed by atoms with Gasteiger partial charge in [0.25, 0.3) is 0 Å². The minimum Gasteiger partial charge on any atom is -0.351 e. The second kappa shape index (κ2) is 6.67. The Hall–Kier alpha value is 1.14. The topological polar surface area (TPSA) is 6.48 Å². The van der Waals surface area contributed by atoms with Gasteiger partial charge >= 0.3 is 0 Å². The molecule has 0 aromatic rings. The third kappa shape index (κ3) is 3.07. The van der Waals surface area contributed by atoms with Gasteiger partial charge in [-0.15, -0.1) is 0 Å². The molecule has 1 saturated heterocycles. The maximum absolute atomic E-state index is 4.01. The quantitative estimate of drug-likeness (QED) is 0.379. The molecule has 0 aromatic carbocycles. The first-order chi connectivity index (χ1) is 4.89. The first kappa shape index (κ1) is 20.5. The molecule has 0 aliphatic carbocycles. The Kier molecular flexibility index (Phi) is 9.79. The molecule has 0 N–H and O–H groups in total. The fourth-order valence-corrected chi connectivity index (χ4v) is 1.31. The molecule has 0 spiro atoms. The summed E-state index contributed by atoms with van der Waals surface area (Å²) in [6, 6.07) is 0. The Balaban J connectivity index is -0.000000403. The second-order valence-electron chi connectivity index (χ2n) is 3.54. The second-order valence-corrected chi connectivity index (χ2v) is 3.54. The number of hydrogen-bond acceptors (Lipinski definition) is 2. The van der Waals surface area contributed by atoms with Crippen LogP contribution in [0.15, 0.2) is 24.7 Å². The molecule has 5 heteroatoms. The van der Waals surface area contributed by atoms with Crippen LogP contribution in [-0.2, 0) is 63.2 Å². The van der Waals surface area contributed by atoms with Crippen molar-refractivity contribution in [2.45, 2.75) is 19.4 Å². The van der Waals surface area contributed by atoms with Gasteiger partial charge < -0.3 is 9.80 Å². The molecule has 0 unspecified atom stereocenters. The van der Waals surface area contributed by atoms with Crippen LogP contribution < -0.4 is 0 Å². The zero-order valence-corrected chi connectivity index (χ0v) is 17.8. The standard InChI is InChI=1S/C9H16N2.3W/c1-7-9(3,4)11(6)8(2)10(7)5;;;/h1-2H2,3-6H3;;;. The normalized spacial score (nSPS) is 18.3. The van der Waals surface area contributed by atoms with E-state index in [0.717, 1.165) is 11.5 Å². The number of rotatable bonds is 0. The van der Waals surface area contributed by atoms with Crippen LogP contribution in [0.4, 0.5) is 0 Å². The average molecular weight is 704 g/mol. The predicted molar refractivity (Wildman–Crippen MR) is 47.9 cm³/mol. The van der Waals surface area contributed by atoms with E-state index in [9.17, 15) is 0 Å². The number of nitrogens with zero attached hydrogens (tertiary/aromatic N) is 2. The van der Waals surface area contributed by atoms with Crippen LogP contribution >= 0.6 is 0 Å². The van der Waals surface area contributed by atoms with Gasteiger partial charge in [-0.1, -0.05) is 13.2 Å². The molecule has 0 amide bonds. The first-order valence-electron chi connectivity index (χ1n) is 3.75. The summed E-state index contributed by atoms with van der Waals surface area (Å²) in [7, 11) is 4.03. The van der Waals surface area contributed by atoms with Crippen molar-refractivity contribution in [3.63, 3.8) is 0 Å². The van der Waals surface area contributed by atoms with E-state index >= 15 is 0 Å². The monoisotopic (exact) mass is 704 g/mol. The van der Waals surface area contributed by atoms with E-state index in [1.54, 1.807) is 0 Å². The number of hydrogen-bond donors (Lipinski definition) is 0. The van der Waals surface area contributed by atoms with Gasteiger partial charge in [-0.25, -0.2) is 0 Å². The van der Waals surface area contributed by atoms with Crippen LogP contribution in [-0.4, -0.2) is 29.4 Å². The van der Waals surface area contributed by atoms with E-state index in [4.69, 9.17) is 0 Å². The fourth-order valence-electron chi connectivity index (χ4n) is 1.31. The van der Waals surface area contributed by atoms with Gasteiger partial charge in [0, 0.05) is 83.0 Å². The molecule has 1 rings (SSSR count). The van der Waals surface area contributed by atoms with Gasteiger partial charge in [0.2, 0.25) is 0 Å².